The van der Waals surface area contributed by atoms with E-state index in [-0.39, 0.29) is 17.0 Å². The van der Waals surface area contributed by atoms with Gasteiger partial charge in [0.15, 0.2) is 0 Å². The summed E-state index contributed by atoms with van der Waals surface area (Å²) in [4.78, 5) is 18.0. The van der Waals surface area contributed by atoms with Crippen LogP contribution in [0.15, 0.2) is 52.2 Å². The molecule has 1 aliphatic carbocycles. The highest BCUT2D eigenvalue weighted by Gasteiger charge is 2.38. The molecule has 1 aliphatic heterocycles. The van der Waals surface area contributed by atoms with Gasteiger partial charge in [-0.05, 0) is 48.9 Å². The van der Waals surface area contributed by atoms with Crippen LogP contribution >= 0.6 is 0 Å². The van der Waals surface area contributed by atoms with Gasteiger partial charge in [0.1, 0.15) is 12.4 Å². The molecule has 2 N–H and O–H groups in total. The Hall–Kier alpha value is -2.88. The molecule has 1 aromatic heterocycles. The van der Waals surface area contributed by atoms with E-state index >= 15 is 0 Å². The Kier molecular flexibility index (Phi) is 6.33. The van der Waals surface area contributed by atoms with Gasteiger partial charge in [-0.25, -0.2) is 8.42 Å². The van der Waals surface area contributed by atoms with Crippen LogP contribution in [-0.2, 0) is 16.6 Å². The van der Waals surface area contributed by atoms with Gasteiger partial charge in [-0.2, -0.15) is 4.31 Å². The molecule has 0 radical (unpaired) electrons. The number of benzene rings is 2. The van der Waals surface area contributed by atoms with Gasteiger partial charge in [-0.1, -0.05) is 31.0 Å². The summed E-state index contributed by atoms with van der Waals surface area (Å²) in [5.74, 6) is 0.517. The first kappa shape index (κ1) is 23.8. The van der Waals surface area contributed by atoms with E-state index in [1.807, 2.05) is 37.1 Å². The molecule has 2 atom stereocenters. The SMILES string of the molecule is Cc1cccc2cc(CN([C@H]3CCCC[C@H]3O)S(=O)(=O)c3ccc4c(c3)OCCN4C)c(=O)[nH]c12. The number of ether oxygens (including phenoxy) is 1. The highest BCUT2D eigenvalue weighted by molar-refractivity contribution is 7.89. The lowest BCUT2D eigenvalue weighted by molar-refractivity contribution is 0.0532. The van der Waals surface area contributed by atoms with Crippen molar-refractivity contribution in [3.05, 3.63) is 63.9 Å². The van der Waals surface area contributed by atoms with Crippen LogP contribution in [0.1, 0.15) is 36.8 Å². The van der Waals surface area contributed by atoms with Gasteiger partial charge in [0.25, 0.3) is 5.56 Å². The van der Waals surface area contributed by atoms with Gasteiger partial charge in [0.2, 0.25) is 10.0 Å². The molecular weight excluding hydrogens is 466 g/mol. The maximum absolute atomic E-state index is 14.0. The molecule has 9 heteroatoms. The summed E-state index contributed by atoms with van der Waals surface area (Å²) in [5, 5.41) is 11.6. The number of nitrogens with one attached hydrogen (secondary N) is 1. The van der Waals surface area contributed by atoms with Crippen LogP contribution in [0.25, 0.3) is 10.9 Å². The highest BCUT2D eigenvalue weighted by atomic mass is 32.2. The molecule has 0 unspecified atom stereocenters. The number of anilines is 1. The first-order valence-electron chi connectivity index (χ1n) is 12.0. The van der Waals surface area contributed by atoms with Crippen molar-refractivity contribution < 1.29 is 18.3 Å². The van der Waals surface area contributed by atoms with Crippen molar-refractivity contribution in [2.75, 3.05) is 25.1 Å². The molecule has 1 fully saturated rings. The summed E-state index contributed by atoms with van der Waals surface area (Å²) in [5.41, 5.74) is 2.54. The lowest BCUT2D eigenvalue weighted by Crippen LogP contribution is -2.48. The van der Waals surface area contributed by atoms with Crippen LogP contribution < -0.4 is 15.2 Å². The van der Waals surface area contributed by atoms with Crippen molar-refractivity contribution in [1.82, 2.24) is 9.29 Å². The Bertz CT molecular complexity index is 1420. The van der Waals surface area contributed by atoms with Crippen molar-refractivity contribution >= 4 is 26.6 Å². The molecule has 35 heavy (non-hydrogen) atoms. The molecule has 8 nitrogen and oxygen atoms in total. The number of H-pyrrole nitrogens is 1. The molecule has 5 rings (SSSR count). The van der Waals surface area contributed by atoms with E-state index < -0.39 is 22.2 Å². The molecule has 0 amide bonds. The average Bonchev–Trinajstić information content (AvgIpc) is 2.84. The Labute approximate surface area is 205 Å². The first-order chi connectivity index (χ1) is 16.8. The summed E-state index contributed by atoms with van der Waals surface area (Å²) in [6.07, 6.45) is 1.94. The fourth-order valence-electron chi connectivity index (χ4n) is 5.16. The summed E-state index contributed by atoms with van der Waals surface area (Å²) < 4.78 is 35.1. The quantitative estimate of drug-likeness (QED) is 0.561. The summed E-state index contributed by atoms with van der Waals surface area (Å²) >= 11 is 0. The molecule has 0 spiro atoms. The van der Waals surface area contributed by atoms with Gasteiger partial charge in [-0.3, -0.25) is 4.79 Å². The van der Waals surface area contributed by atoms with Crippen molar-refractivity contribution in [3.63, 3.8) is 0 Å². The number of likely N-dealkylation sites (N-methyl/N-ethyl adjacent to an activating group) is 1. The smallest absolute Gasteiger partial charge is 0.252 e. The lowest BCUT2D eigenvalue weighted by atomic mass is 9.92. The molecule has 0 saturated heterocycles. The van der Waals surface area contributed by atoms with Crippen LogP contribution in [0, 0.1) is 6.92 Å². The predicted octanol–water partition coefficient (Wildman–Crippen LogP) is 3.16. The number of aliphatic hydroxyl groups is 1. The third-order valence-corrected chi connectivity index (χ3v) is 9.06. The van der Waals surface area contributed by atoms with Crippen LogP contribution in [0.5, 0.6) is 5.75 Å². The summed E-state index contributed by atoms with van der Waals surface area (Å²) in [6, 6.07) is 11.7. The van der Waals surface area contributed by atoms with E-state index in [2.05, 4.69) is 4.98 Å². The van der Waals surface area contributed by atoms with E-state index in [4.69, 9.17) is 4.74 Å². The van der Waals surface area contributed by atoms with Crippen LogP contribution in [-0.4, -0.2) is 55.2 Å². The second-order valence-corrected chi connectivity index (χ2v) is 11.4. The number of aromatic amines is 1. The van der Waals surface area contributed by atoms with E-state index in [9.17, 15) is 18.3 Å². The summed E-state index contributed by atoms with van der Waals surface area (Å²) in [6.45, 7) is 3.00. The van der Waals surface area contributed by atoms with Gasteiger partial charge < -0.3 is 19.7 Å². The van der Waals surface area contributed by atoms with Gasteiger partial charge in [0.05, 0.1) is 34.8 Å². The maximum Gasteiger partial charge on any atom is 0.252 e. The Morgan fingerprint density at radius 3 is 2.77 bits per heavy atom. The Morgan fingerprint density at radius 2 is 1.97 bits per heavy atom. The minimum Gasteiger partial charge on any atom is -0.490 e. The van der Waals surface area contributed by atoms with Crippen molar-refractivity contribution in [3.8, 4) is 5.75 Å². The van der Waals surface area contributed by atoms with Gasteiger partial charge in [0, 0.05) is 25.2 Å². The topological polar surface area (TPSA) is 103 Å². The van der Waals surface area contributed by atoms with E-state index in [0.717, 1.165) is 41.5 Å². The van der Waals surface area contributed by atoms with E-state index in [0.29, 0.717) is 30.8 Å². The number of hydrogen-bond donors (Lipinski definition) is 2. The minimum atomic E-state index is -4.04. The second kappa shape index (κ2) is 9.29. The fourth-order valence-corrected chi connectivity index (χ4v) is 6.83. The number of aromatic nitrogens is 1. The van der Waals surface area contributed by atoms with Crippen LogP contribution in [0.2, 0.25) is 0 Å². The number of aryl methyl sites for hydroxylation is 1. The zero-order valence-corrected chi connectivity index (χ0v) is 20.8. The second-order valence-electron chi connectivity index (χ2n) is 9.53. The number of sulfonamides is 1. The number of para-hydroxylation sites is 1. The van der Waals surface area contributed by atoms with Crippen LogP contribution in [0.4, 0.5) is 5.69 Å². The largest absolute Gasteiger partial charge is 0.490 e. The lowest BCUT2D eigenvalue weighted by Gasteiger charge is -2.37. The Balaban J connectivity index is 1.58. The molecule has 2 aliphatic rings. The third-order valence-electron chi connectivity index (χ3n) is 7.19. The standard InChI is InChI=1S/C26H31N3O5S/c1-17-6-5-7-18-14-19(26(31)27-25(17)18)16-29(21-8-3-4-9-23(21)30)35(32,33)20-10-11-22-24(15-20)34-13-12-28(22)2/h5-7,10-11,14-15,21,23,30H,3-4,8-9,12-13,16H2,1-2H3,(H,27,31)/t21-,23+/m0/s1. The van der Waals surface area contributed by atoms with Crippen molar-refractivity contribution in [2.45, 2.75) is 56.2 Å². The average molecular weight is 498 g/mol. The zero-order chi connectivity index (χ0) is 24.7. The number of hydrogen-bond acceptors (Lipinski definition) is 6. The van der Waals surface area contributed by atoms with E-state index in [1.165, 1.54) is 4.31 Å². The van der Waals surface area contributed by atoms with Crippen molar-refractivity contribution in [1.29, 1.82) is 0 Å². The molecule has 1 saturated carbocycles. The highest BCUT2D eigenvalue weighted by Crippen LogP contribution is 2.36. The number of pyridine rings is 1. The Morgan fingerprint density at radius 1 is 1.17 bits per heavy atom. The van der Waals surface area contributed by atoms with Crippen molar-refractivity contribution in [2.24, 2.45) is 0 Å². The zero-order valence-electron chi connectivity index (χ0n) is 20.0. The molecule has 3 aromatic rings. The summed E-state index contributed by atoms with van der Waals surface area (Å²) in [7, 11) is -2.10. The van der Waals surface area contributed by atoms with Crippen LogP contribution in [0.3, 0.4) is 0 Å². The normalized spacial score (nSPS) is 20.6. The van der Waals surface area contributed by atoms with Gasteiger partial charge >= 0.3 is 0 Å². The molecular formula is C26H31N3O5S. The number of nitrogens with zero attached hydrogens (tertiary/aromatic N) is 2. The predicted molar refractivity (Wildman–Crippen MR) is 136 cm³/mol. The third kappa shape index (κ3) is 4.44. The number of fused-ring (bicyclic) bond motifs is 2. The fraction of sp³-hybridized carbons (Fsp3) is 0.423. The number of aliphatic hydroxyl groups excluding tert-OH is 1. The molecule has 2 aromatic carbocycles. The molecule has 0 bridgehead atoms. The monoisotopic (exact) mass is 497 g/mol. The number of rotatable bonds is 5. The maximum atomic E-state index is 14.0. The first-order valence-corrected chi connectivity index (χ1v) is 13.5. The minimum absolute atomic E-state index is 0.0948. The molecule has 186 valence electrons. The van der Waals surface area contributed by atoms with E-state index in [1.54, 1.807) is 24.3 Å². The molecule has 2 heterocycles. The van der Waals surface area contributed by atoms with Gasteiger partial charge in [-0.15, -0.1) is 0 Å².